The first-order valence-electron chi connectivity index (χ1n) is 4.95. The summed E-state index contributed by atoms with van der Waals surface area (Å²) in [7, 11) is 0. The number of aromatic nitrogens is 2. The number of alkyl halides is 1. The number of aryl methyl sites for hydroxylation is 1. The van der Waals surface area contributed by atoms with Crippen molar-refractivity contribution in [2.75, 3.05) is 11.2 Å². The van der Waals surface area contributed by atoms with Crippen LogP contribution >= 0.6 is 11.6 Å². The molecule has 1 amide bonds. The Bertz CT molecular complexity index is 522. The van der Waals surface area contributed by atoms with Gasteiger partial charge in [-0.3, -0.25) is 4.79 Å². The summed E-state index contributed by atoms with van der Waals surface area (Å²) in [6.07, 6.45) is 0. The van der Waals surface area contributed by atoms with Crippen molar-refractivity contribution in [3.63, 3.8) is 0 Å². The molecule has 0 aliphatic carbocycles. The Kier molecular flexibility index (Phi) is 3.39. The average molecular weight is 252 g/mol. The fraction of sp³-hybridized carbons (Fsp3) is 0.182. The Labute approximate surface area is 103 Å². The van der Waals surface area contributed by atoms with Crippen molar-refractivity contribution in [3.8, 4) is 11.5 Å². The van der Waals surface area contributed by atoms with Crippen LogP contribution in [0.3, 0.4) is 0 Å². The van der Waals surface area contributed by atoms with Crippen LogP contribution in [0.15, 0.2) is 28.7 Å². The van der Waals surface area contributed by atoms with E-state index in [1.807, 2.05) is 0 Å². The molecule has 0 saturated carbocycles. The molecule has 2 rings (SSSR count). The first kappa shape index (κ1) is 11.6. The van der Waals surface area contributed by atoms with Gasteiger partial charge in [0.15, 0.2) is 0 Å². The zero-order valence-corrected chi connectivity index (χ0v) is 9.86. The third kappa shape index (κ3) is 2.82. The number of nitrogens with zero attached hydrogens (tertiary/aromatic N) is 2. The van der Waals surface area contributed by atoms with Gasteiger partial charge < -0.3 is 9.73 Å². The zero-order valence-electron chi connectivity index (χ0n) is 9.11. The second-order valence-corrected chi connectivity index (χ2v) is 3.65. The van der Waals surface area contributed by atoms with Crippen LogP contribution in [0.4, 0.5) is 5.69 Å². The molecule has 1 aromatic heterocycles. The predicted molar refractivity (Wildman–Crippen MR) is 63.8 cm³/mol. The Morgan fingerprint density at radius 2 is 2.06 bits per heavy atom. The van der Waals surface area contributed by atoms with Gasteiger partial charge in [-0.2, -0.15) is 0 Å². The Balaban J connectivity index is 2.15. The van der Waals surface area contributed by atoms with Crippen LogP contribution in [-0.4, -0.2) is 22.0 Å². The molecule has 0 aliphatic heterocycles. The minimum Gasteiger partial charge on any atom is -0.421 e. The second-order valence-electron chi connectivity index (χ2n) is 3.39. The summed E-state index contributed by atoms with van der Waals surface area (Å²) in [6.45, 7) is 1.73. The van der Waals surface area contributed by atoms with Crippen molar-refractivity contribution in [3.05, 3.63) is 30.2 Å². The summed E-state index contributed by atoms with van der Waals surface area (Å²) in [5, 5.41) is 10.3. The number of anilines is 1. The first-order valence-corrected chi connectivity index (χ1v) is 5.49. The highest BCUT2D eigenvalue weighted by Crippen LogP contribution is 2.19. The molecule has 1 heterocycles. The predicted octanol–water partition coefficient (Wildman–Crippen LogP) is 2.22. The maximum atomic E-state index is 11.1. The fourth-order valence-corrected chi connectivity index (χ4v) is 1.37. The quantitative estimate of drug-likeness (QED) is 0.850. The lowest BCUT2D eigenvalue weighted by Gasteiger charge is -2.02. The highest BCUT2D eigenvalue weighted by atomic mass is 35.5. The van der Waals surface area contributed by atoms with E-state index in [4.69, 9.17) is 16.0 Å². The van der Waals surface area contributed by atoms with Crippen LogP contribution in [0.2, 0.25) is 0 Å². The molecule has 17 heavy (non-hydrogen) atoms. The average Bonchev–Trinajstić information content (AvgIpc) is 2.77. The number of benzene rings is 1. The van der Waals surface area contributed by atoms with Crippen molar-refractivity contribution in [1.29, 1.82) is 0 Å². The van der Waals surface area contributed by atoms with Gasteiger partial charge in [0.1, 0.15) is 5.88 Å². The molecule has 0 saturated heterocycles. The number of rotatable bonds is 3. The zero-order chi connectivity index (χ0) is 12.3. The largest absolute Gasteiger partial charge is 0.421 e. The van der Waals surface area contributed by atoms with E-state index in [9.17, 15) is 4.79 Å². The summed E-state index contributed by atoms with van der Waals surface area (Å²) in [5.74, 6) is 0.662. The highest BCUT2D eigenvalue weighted by Gasteiger charge is 2.06. The SMILES string of the molecule is Cc1nnc(-c2ccc(NC(=O)CCl)cc2)o1. The Hall–Kier alpha value is -1.88. The van der Waals surface area contributed by atoms with Crippen molar-refractivity contribution in [1.82, 2.24) is 10.2 Å². The molecular formula is C11H10ClN3O2. The lowest BCUT2D eigenvalue weighted by molar-refractivity contribution is -0.113. The molecule has 0 spiro atoms. The van der Waals surface area contributed by atoms with E-state index in [1.54, 1.807) is 31.2 Å². The number of amides is 1. The highest BCUT2D eigenvalue weighted by molar-refractivity contribution is 6.29. The molecule has 88 valence electrons. The summed E-state index contributed by atoms with van der Waals surface area (Å²) in [6, 6.07) is 7.08. The van der Waals surface area contributed by atoms with E-state index >= 15 is 0 Å². The maximum Gasteiger partial charge on any atom is 0.247 e. The summed E-state index contributed by atoms with van der Waals surface area (Å²) >= 11 is 5.39. The van der Waals surface area contributed by atoms with Gasteiger partial charge in [-0.25, -0.2) is 0 Å². The number of halogens is 1. The second kappa shape index (κ2) is 4.97. The summed E-state index contributed by atoms with van der Waals surface area (Å²) in [5.41, 5.74) is 1.48. The summed E-state index contributed by atoms with van der Waals surface area (Å²) in [4.78, 5) is 11.1. The van der Waals surface area contributed by atoms with Crippen molar-refractivity contribution in [2.24, 2.45) is 0 Å². The van der Waals surface area contributed by atoms with Gasteiger partial charge in [0.25, 0.3) is 0 Å². The fourth-order valence-electron chi connectivity index (χ4n) is 1.30. The van der Waals surface area contributed by atoms with E-state index in [0.29, 0.717) is 17.5 Å². The summed E-state index contributed by atoms with van der Waals surface area (Å²) < 4.78 is 5.28. The van der Waals surface area contributed by atoms with Gasteiger partial charge in [0.05, 0.1) is 0 Å². The van der Waals surface area contributed by atoms with Gasteiger partial charge in [0.2, 0.25) is 17.7 Å². The van der Waals surface area contributed by atoms with Crippen LogP contribution in [0.25, 0.3) is 11.5 Å². The molecule has 0 unspecified atom stereocenters. The van der Waals surface area contributed by atoms with Crippen molar-refractivity contribution in [2.45, 2.75) is 6.92 Å². The molecule has 1 N–H and O–H groups in total. The van der Waals surface area contributed by atoms with Crippen LogP contribution in [-0.2, 0) is 4.79 Å². The Morgan fingerprint density at radius 3 is 2.59 bits per heavy atom. The third-order valence-corrected chi connectivity index (χ3v) is 2.31. The number of hydrogen-bond acceptors (Lipinski definition) is 4. The van der Waals surface area contributed by atoms with Gasteiger partial charge in [-0.05, 0) is 24.3 Å². The lowest BCUT2D eigenvalue weighted by atomic mass is 10.2. The minimum absolute atomic E-state index is 0.0649. The van der Waals surface area contributed by atoms with Crippen LogP contribution < -0.4 is 5.32 Å². The topological polar surface area (TPSA) is 68.0 Å². The molecule has 0 bridgehead atoms. The van der Waals surface area contributed by atoms with E-state index < -0.39 is 0 Å². The molecule has 5 nitrogen and oxygen atoms in total. The lowest BCUT2D eigenvalue weighted by Crippen LogP contribution is -2.12. The van der Waals surface area contributed by atoms with E-state index in [0.717, 1.165) is 5.56 Å². The monoisotopic (exact) mass is 251 g/mol. The van der Waals surface area contributed by atoms with Gasteiger partial charge in [0, 0.05) is 18.2 Å². The van der Waals surface area contributed by atoms with E-state index in [2.05, 4.69) is 15.5 Å². The molecule has 2 aromatic rings. The van der Waals surface area contributed by atoms with Gasteiger partial charge >= 0.3 is 0 Å². The molecule has 0 radical (unpaired) electrons. The number of nitrogens with one attached hydrogen (secondary N) is 1. The molecule has 0 atom stereocenters. The number of carbonyl (C=O) groups is 1. The van der Waals surface area contributed by atoms with Gasteiger partial charge in [-0.15, -0.1) is 21.8 Å². The molecular weight excluding hydrogens is 242 g/mol. The number of hydrogen-bond donors (Lipinski definition) is 1. The normalized spacial score (nSPS) is 10.2. The van der Waals surface area contributed by atoms with Crippen molar-refractivity contribution < 1.29 is 9.21 Å². The molecule has 0 fully saturated rings. The van der Waals surface area contributed by atoms with E-state index in [-0.39, 0.29) is 11.8 Å². The Morgan fingerprint density at radius 1 is 1.35 bits per heavy atom. The molecule has 0 aliphatic rings. The van der Waals surface area contributed by atoms with Crippen LogP contribution in [0.5, 0.6) is 0 Å². The standard InChI is InChI=1S/C11H10ClN3O2/c1-7-14-15-11(17-7)8-2-4-9(5-3-8)13-10(16)6-12/h2-5H,6H2,1H3,(H,13,16). The van der Waals surface area contributed by atoms with Gasteiger partial charge in [-0.1, -0.05) is 0 Å². The van der Waals surface area contributed by atoms with Crippen molar-refractivity contribution >= 4 is 23.2 Å². The first-order chi connectivity index (χ1) is 8.19. The molecule has 1 aromatic carbocycles. The maximum absolute atomic E-state index is 11.1. The van der Waals surface area contributed by atoms with Crippen LogP contribution in [0, 0.1) is 6.92 Å². The number of carbonyl (C=O) groups excluding carboxylic acids is 1. The third-order valence-electron chi connectivity index (χ3n) is 2.06. The minimum atomic E-state index is -0.243. The smallest absolute Gasteiger partial charge is 0.247 e. The molecule has 6 heteroatoms. The van der Waals surface area contributed by atoms with E-state index in [1.165, 1.54) is 0 Å². The van der Waals surface area contributed by atoms with Crippen LogP contribution in [0.1, 0.15) is 5.89 Å².